The van der Waals surface area contributed by atoms with Gasteiger partial charge < -0.3 is 15.7 Å². The first kappa shape index (κ1) is 20.8. The number of aromatic nitrogens is 3. The van der Waals surface area contributed by atoms with Crippen LogP contribution < -0.4 is 10.6 Å². The van der Waals surface area contributed by atoms with Crippen LogP contribution in [0, 0.1) is 11.3 Å². The second-order valence-corrected chi connectivity index (χ2v) is 10.4. The molecule has 0 aromatic carbocycles. The molecule has 5 rings (SSSR count). The molecule has 2 saturated carbocycles. The second kappa shape index (κ2) is 7.25. The van der Waals surface area contributed by atoms with Gasteiger partial charge in [0.25, 0.3) is 5.91 Å². The largest absolute Gasteiger partial charge is 0.481 e. The summed E-state index contributed by atoms with van der Waals surface area (Å²) in [6.07, 6.45) is 9.05. The summed E-state index contributed by atoms with van der Waals surface area (Å²) in [6, 6.07) is 3.99. The summed E-state index contributed by atoms with van der Waals surface area (Å²) >= 11 is 0. The van der Waals surface area contributed by atoms with Crippen LogP contribution >= 0.6 is 0 Å². The molecule has 0 unspecified atom stereocenters. The van der Waals surface area contributed by atoms with Gasteiger partial charge in [0, 0.05) is 23.6 Å². The van der Waals surface area contributed by atoms with E-state index in [4.69, 9.17) is 10.7 Å². The number of hydrogen-bond acceptors (Lipinski definition) is 6. The minimum Gasteiger partial charge on any atom is -0.481 e. The Morgan fingerprint density at radius 1 is 1.16 bits per heavy atom. The van der Waals surface area contributed by atoms with Crippen molar-refractivity contribution in [3.63, 3.8) is 0 Å². The fraction of sp³-hybridized carbons (Fsp3) is 0.542. The van der Waals surface area contributed by atoms with Crippen molar-refractivity contribution >= 4 is 23.4 Å². The normalized spacial score (nSPS) is 28.8. The summed E-state index contributed by atoms with van der Waals surface area (Å²) in [6.45, 7) is 4.59. The van der Waals surface area contributed by atoms with Gasteiger partial charge in [-0.15, -0.1) is 0 Å². The summed E-state index contributed by atoms with van der Waals surface area (Å²) in [5, 5.41) is 9.18. The minimum absolute atomic E-state index is 0.153. The monoisotopic (exact) mass is 435 g/mol. The maximum Gasteiger partial charge on any atom is 0.306 e. The first-order valence-corrected chi connectivity index (χ1v) is 11.3. The molecule has 8 nitrogen and oxygen atoms in total. The number of rotatable bonds is 3. The quantitative estimate of drug-likeness (QED) is 0.756. The van der Waals surface area contributed by atoms with Crippen LogP contribution in [0.2, 0.25) is 0 Å². The molecule has 168 valence electrons. The average molecular weight is 436 g/mol. The highest BCUT2D eigenvalue weighted by Gasteiger charge is 2.49. The number of fused-ring (bicyclic) bond motifs is 1. The van der Waals surface area contributed by atoms with E-state index in [0.29, 0.717) is 23.7 Å². The molecule has 2 aromatic heterocycles. The Balaban J connectivity index is 1.30. The van der Waals surface area contributed by atoms with Crippen LogP contribution in [0.25, 0.3) is 0 Å². The molecule has 0 bridgehead atoms. The van der Waals surface area contributed by atoms with Gasteiger partial charge in [-0.05, 0) is 56.1 Å². The highest BCUT2D eigenvalue weighted by Crippen LogP contribution is 2.57. The van der Waals surface area contributed by atoms with Gasteiger partial charge in [-0.25, -0.2) is 9.97 Å². The molecule has 3 N–H and O–H groups in total. The molecule has 1 amide bonds. The number of carbonyl (C=O) groups excluding carboxylic acids is 1. The summed E-state index contributed by atoms with van der Waals surface area (Å²) in [4.78, 5) is 39.1. The van der Waals surface area contributed by atoms with E-state index in [0.717, 1.165) is 49.9 Å². The molecule has 0 atom stereocenters. The summed E-state index contributed by atoms with van der Waals surface area (Å²) in [7, 11) is 0. The number of carboxylic acid groups (broad SMARTS) is 1. The smallest absolute Gasteiger partial charge is 0.306 e. The van der Waals surface area contributed by atoms with Gasteiger partial charge >= 0.3 is 5.97 Å². The number of carboxylic acids is 1. The number of anilines is 2. The lowest BCUT2D eigenvalue weighted by Gasteiger charge is -2.50. The number of carbonyl (C=O) groups is 2. The van der Waals surface area contributed by atoms with Gasteiger partial charge in [0.1, 0.15) is 17.7 Å². The first-order valence-electron chi connectivity index (χ1n) is 11.3. The maximum atomic E-state index is 13.2. The zero-order valence-electron chi connectivity index (χ0n) is 18.5. The average Bonchev–Trinajstić information content (AvgIpc) is 2.75. The Morgan fingerprint density at radius 3 is 2.50 bits per heavy atom. The van der Waals surface area contributed by atoms with Gasteiger partial charge in [-0.2, -0.15) is 0 Å². The lowest BCUT2D eigenvalue weighted by atomic mass is 9.54. The molecule has 32 heavy (non-hydrogen) atoms. The van der Waals surface area contributed by atoms with E-state index < -0.39 is 5.97 Å². The Kier molecular flexibility index (Phi) is 4.72. The maximum absolute atomic E-state index is 13.2. The van der Waals surface area contributed by atoms with Crippen molar-refractivity contribution in [1.82, 2.24) is 15.0 Å². The third kappa shape index (κ3) is 3.32. The Hall–Kier alpha value is -3.03. The van der Waals surface area contributed by atoms with Crippen LogP contribution in [0.4, 0.5) is 11.5 Å². The lowest BCUT2D eigenvalue weighted by Crippen LogP contribution is -2.48. The molecular formula is C24H29N5O3. The van der Waals surface area contributed by atoms with Gasteiger partial charge in [0.15, 0.2) is 0 Å². The number of nitrogen functional groups attached to an aromatic ring is 1. The topological polar surface area (TPSA) is 122 Å². The highest BCUT2D eigenvalue weighted by atomic mass is 16.4. The number of nitrogens with two attached hydrogens (primary N) is 1. The van der Waals surface area contributed by atoms with E-state index in [2.05, 4.69) is 9.97 Å². The van der Waals surface area contributed by atoms with Crippen molar-refractivity contribution in [1.29, 1.82) is 0 Å². The van der Waals surface area contributed by atoms with Gasteiger partial charge in [-0.1, -0.05) is 13.8 Å². The van der Waals surface area contributed by atoms with Crippen molar-refractivity contribution in [3.05, 3.63) is 41.6 Å². The third-order valence-corrected chi connectivity index (χ3v) is 7.79. The minimum atomic E-state index is -0.651. The van der Waals surface area contributed by atoms with Crippen LogP contribution in [-0.4, -0.2) is 38.5 Å². The second-order valence-electron chi connectivity index (χ2n) is 10.4. The molecule has 2 aliphatic carbocycles. The highest BCUT2D eigenvalue weighted by molar-refractivity contribution is 6.11. The van der Waals surface area contributed by atoms with Crippen molar-refractivity contribution in [2.75, 3.05) is 17.2 Å². The molecule has 2 aromatic rings. The van der Waals surface area contributed by atoms with Crippen molar-refractivity contribution in [2.24, 2.45) is 11.3 Å². The Morgan fingerprint density at radius 2 is 1.88 bits per heavy atom. The van der Waals surface area contributed by atoms with Crippen molar-refractivity contribution in [2.45, 2.75) is 63.7 Å². The van der Waals surface area contributed by atoms with E-state index in [1.807, 2.05) is 26.0 Å². The number of amides is 1. The fourth-order valence-electron chi connectivity index (χ4n) is 5.90. The molecule has 8 heteroatoms. The van der Waals surface area contributed by atoms with E-state index in [1.165, 1.54) is 6.33 Å². The Bertz CT molecular complexity index is 1070. The van der Waals surface area contributed by atoms with E-state index in [9.17, 15) is 14.7 Å². The van der Waals surface area contributed by atoms with Crippen molar-refractivity contribution in [3.8, 4) is 0 Å². The van der Waals surface area contributed by atoms with Crippen molar-refractivity contribution < 1.29 is 14.7 Å². The SMILES string of the molecule is CC1(C)CN(c2ccc(C3CCC4(CC3)CC(C(=O)O)C4)nc2)C(=O)c2c(N)ncnc21. The molecular weight excluding hydrogens is 406 g/mol. The van der Waals surface area contributed by atoms with Crippen LogP contribution in [-0.2, 0) is 10.2 Å². The van der Waals surface area contributed by atoms with Gasteiger partial charge in [-0.3, -0.25) is 14.6 Å². The van der Waals surface area contributed by atoms with E-state index >= 15 is 0 Å². The summed E-state index contributed by atoms with van der Waals surface area (Å²) < 4.78 is 0. The number of nitrogens with zero attached hydrogens (tertiary/aromatic N) is 4. The standard InChI is InChI=1S/C24H29N5O3/c1-23(2)12-29(21(30)18-19(23)27-13-28-20(18)25)16-3-4-17(26-11-16)14-5-7-24(8-6-14)9-15(10-24)22(31)32/h3-4,11,13-15H,5-10,12H2,1-2H3,(H,31,32)(H2,25,27,28). The first-order chi connectivity index (χ1) is 15.2. The van der Waals surface area contributed by atoms with Crippen LogP contribution in [0.5, 0.6) is 0 Å². The predicted octanol–water partition coefficient (Wildman–Crippen LogP) is 3.53. The van der Waals surface area contributed by atoms with Gasteiger partial charge in [0.05, 0.1) is 23.5 Å². The van der Waals surface area contributed by atoms with E-state index in [-0.39, 0.29) is 28.5 Å². The lowest BCUT2D eigenvalue weighted by molar-refractivity contribution is -0.151. The van der Waals surface area contributed by atoms with Crippen LogP contribution in [0.15, 0.2) is 24.7 Å². The summed E-state index contributed by atoms with van der Waals surface area (Å²) in [5.74, 6) is -0.401. The van der Waals surface area contributed by atoms with Crippen LogP contribution in [0.1, 0.15) is 80.0 Å². The molecule has 0 saturated heterocycles. The third-order valence-electron chi connectivity index (χ3n) is 7.79. The number of hydrogen-bond donors (Lipinski definition) is 2. The molecule has 3 aliphatic rings. The Labute approximate surface area is 187 Å². The molecule has 0 radical (unpaired) electrons. The molecule has 2 fully saturated rings. The summed E-state index contributed by atoms with van der Waals surface area (Å²) in [5.41, 5.74) is 8.77. The zero-order chi connectivity index (χ0) is 22.7. The number of aliphatic carboxylic acids is 1. The van der Waals surface area contributed by atoms with Gasteiger partial charge in [0.2, 0.25) is 0 Å². The zero-order valence-corrected chi connectivity index (χ0v) is 18.5. The fourth-order valence-corrected chi connectivity index (χ4v) is 5.90. The number of pyridine rings is 1. The van der Waals surface area contributed by atoms with Crippen LogP contribution in [0.3, 0.4) is 0 Å². The molecule has 1 aliphatic heterocycles. The molecule has 1 spiro atoms. The molecule has 3 heterocycles. The van der Waals surface area contributed by atoms with E-state index in [1.54, 1.807) is 11.1 Å². The predicted molar refractivity (Wildman–Crippen MR) is 119 cm³/mol.